The fourth-order valence-corrected chi connectivity index (χ4v) is 2.32. The van der Waals surface area contributed by atoms with E-state index in [9.17, 15) is 9.59 Å². The van der Waals surface area contributed by atoms with E-state index in [4.69, 9.17) is 5.26 Å². The molecule has 1 aromatic rings. The second-order valence-electron chi connectivity index (χ2n) is 4.60. The van der Waals surface area contributed by atoms with Gasteiger partial charge in [0.15, 0.2) is 0 Å². The van der Waals surface area contributed by atoms with Crippen molar-refractivity contribution in [1.82, 2.24) is 10.2 Å². The average Bonchev–Trinajstić information content (AvgIpc) is 2.65. The number of imide groups is 1. The number of benzene rings is 1. The van der Waals surface area contributed by atoms with E-state index < -0.39 is 11.6 Å². The minimum atomic E-state index is -1.04. The maximum Gasteiger partial charge on any atom is 0.326 e. The molecule has 0 bridgehead atoms. The van der Waals surface area contributed by atoms with Crippen LogP contribution in [-0.2, 0) is 10.3 Å². The summed E-state index contributed by atoms with van der Waals surface area (Å²) >= 11 is 0. The van der Waals surface area contributed by atoms with Crippen LogP contribution in [0.25, 0.3) is 0 Å². The van der Waals surface area contributed by atoms with Gasteiger partial charge in [0.1, 0.15) is 12.1 Å². The molecule has 0 radical (unpaired) electrons. The third-order valence-electron chi connectivity index (χ3n) is 3.48. The Morgan fingerprint density at radius 1 is 1.32 bits per heavy atom. The summed E-state index contributed by atoms with van der Waals surface area (Å²) in [6, 6.07) is 8.82. The highest BCUT2D eigenvalue weighted by Crippen LogP contribution is 2.32. The van der Waals surface area contributed by atoms with Crippen LogP contribution in [0.1, 0.15) is 24.5 Å². The molecule has 1 saturated heterocycles. The lowest BCUT2D eigenvalue weighted by Gasteiger charge is -2.25. The molecule has 1 fully saturated rings. The number of nitrogens with zero attached hydrogens (tertiary/aromatic N) is 2. The van der Waals surface area contributed by atoms with Crippen molar-refractivity contribution < 1.29 is 9.59 Å². The van der Waals surface area contributed by atoms with Crippen LogP contribution in [0.4, 0.5) is 4.79 Å². The van der Waals surface area contributed by atoms with Crippen LogP contribution in [0.15, 0.2) is 24.3 Å². The zero-order chi connectivity index (χ0) is 14.0. The normalized spacial score (nSPS) is 22.3. The van der Waals surface area contributed by atoms with E-state index in [1.165, 1.54) is 0 Å². The largest absolute Gasteiger partial charge is 0.326 e. The minimum absolute atomic E-state index is 0.224. The van der Waals surface area contributed by atoms with Gasteiger partial charge in [0.2, 0.25) is 0 Å². The number of nitrogens with one attached hydrogen (secondary N) is 1. The van der Waals surface area contributed by atoms with Crippen LogP contribution in [-0.4, -0.2) is 23.4 Å². The maximum atomic E-state index is 12.4. The van der Waals surface area contributed by atoms with Crippen molar-refractivity contribution in [3.05, 3.63) is 35.4 Å². The lowest BCUT2D eigenvalue weighted by molar-refractivity contribution is -0.131. The van der Waals surface area contributed by atoms with Crippen LogP contribution in [0.3, 0.4) is 0 Å². The standard InChI is InChI=1S/C14H15N3O2/c1-3-14(11-6-4-10(2)5-7-11)12(18)17(9-8-15)13(19)16-14/h4-7H,3,9H2,1-2H3,(H,16,19). The van der Waals surface area contributed by atoms with E-state index in [0.717, 1.165) is 16.0 Å². The van der Waals surface area contributed by atoms with Crippen LogP contribution < -0.4 is 5.32 Å². The lowest BCUT2D eigenvalue weighted by atomic mass is 9.87. The molecule has 2 rings (SSSR count). The number of hydrogen-bond donors (Lipinski definition) is 1. The summed E-state index contributed by atoms with van der Waals surface area (Å²) < 4.78 is 0. The number of hydrogen-bond acceptors (Lipinski definition) is 3. The first kappa shape index (κ1) is 13.1. The van der Waals surface area contributed by atoms with Gasteiger partial charge in [-0.05, 0) is 18.9 Å². The summed E-state index contributed by atoms with van der Waals surface area (Å²) in [6.07, 6.45) is 0.447. The van der Waals surface area contributed by atoms with Crippen LogP contribution in [0.2, 0.25) is 0 Å². The molecule has 0 spiro atoms. The second kappa shape index (κ2) is 4.73. The minimum Gasteiger partial charge on any atom is -0.319 e. The number of urea groups is 1. The zero-order valence-corrected chi connectivity index (χ0v) is 10.9. The first-order chi connectivity index (χ1) is 9.05. The number of carbonyl (C=O) groups excluding carboxylic acids is 2. The van der Waals surface area contributed by atoms with Crippen molar-refractivity contribution in [3.8, 4) is 6.07 Å². The van der Waals surface area contributed by atoms with Crippen molar-refractivity contribution in [2.45, 2.75) is 25.8 Å². The summed E-state index contributed by atoms with van der Waals surface area (Å²) in [7, 11) is 0. The van der Waals surface area contributed by atoms with E-state index in [0.29, 0.717) is 6.42 Å². The predicted octanol–water partition coefficient (Wildman–Crippen LogP) is 1.68. The molecule has 1 aromatic carbocycles. The van der Waals surface area contributed by atoms with Crippen LogP contribution >= 0.6 is 0 Å². The smallest absolute Gasteiger partial charge is 0.319 e. The number of carbonyl (C=O) groups is 2. The number of aryl methyl sites for hydroxylation is 1. The molecule has 1 atom stereocenters. The van der Waals surface area contributed by atoms with E-state index >= 15 is 0 Å². The van der Waals surface area contributed by atoms with Gasteiger partial charge in [-0.1, -0.05) is 36.8 Å². The first-order valence-corrected chi connectivity index (χ1v) is 6.13. The first-order valence-electron chi connectivity index (χ1n) is 6.13. The Morgan fingerprint density at radius 2 is 1.95 bits per heavy atom. The van der Waals surface area contributed by atoms with Gasteiger partial charge in [-0.3, -0.25) is 4.79 Å². The second-order valence-corrected chi connectivity index (χ2v) is 4.60. The topological polar surface area (TPSA) is 73.2 Å². The van der Waals surface area contributed by atoms with Crippen molar-refractivity contribution in [1.29, 1.82) is 5.26 Å². The van der Waals surface area contributed by atoms with Gasteiger partial charge in [-0.2, -0.15) is 5.26 Å². The molecule has 1 N–H and O–H groups in total. The lowest BCUT2D eigenvalue weighted by Crippen LogP contribution is -2.43. The van der Waals surface area contributed by atoms with Gasteiger partial charge in [0.25, 0.3) is 5.91 Å². The molecule has 5 nitrogen and oxygen atoms in total. The Labute approximate surface area is 111 Å². The molecule has 1 aliphatic rings. The molecule has 3 amide bonds. The molecule has 19 heavy (non-hydrogen) atoms. The van der Waals surface area contributed by atoms with Gasteiger partial charge in [-0.15, -0.1) is 0 Å². The fraction of sp³-hybridized carbons (Fsp3) is 0.357. The summed E-state index contributed by atoms with van der Waals surface area (Å²) in [6.45, 7) is 3.58. The Balaban J connectivity index is 2.45. The van der Waals surface area contributed by atoms with E-state index in [2.05, 4.69) is 5.32 Å². The Hall–Kier alpha value is -2.35. The number of nitriles is 1. The summed E-state index contributed by atoms with van der Waals surface area (Å²) in [5.41, 5.74) is 0.793. The van der Waals surface area contributed by atoms with Gasteiger partial charge in [0.05, 0.1) is 6.07 Å². The molecule has 0 saturated carbocycles. The van der Waals surface area contributed by atoms with Crippen molar-refractivity contribution in [2.75, 3.05) is 6.54 Å². The summed E-state index contributed by atoms with van der Waals surface area (Å²) in [5, 5.41) is 11.4. The van der Waals surface area contributed by atoms with E-state index in [1.807, 2.05) is 44.2 Å². The Kier molecular flexibility index (Phi) is 3.26. The summed E-state index contributed by atoms with van der Waals surface area (Å²) in [5.74, 6) is -0.356. The Bertz CT molecular complexity index is 559. The SMILES string of the molecule is CCC1(c2ccc(C)cc2)NC(=O)N(CC#N)C1=O. The third kappa shape index (κ3) is 1.95. The fourth-order valence-electron chi connectivity index (χ4n) is 2.32. The third-order valence-corrected chi connectivity index (χ3v) is 3.48. The monoisotopic (exact) mass is 257 g/mol. The average molecular weight is 257 g/mol. The molecule has 0 aliphatic carbocycles. The molecule has 5 heteroatoms. The van der Waals surface area contributed by atoms with Crippen molar-refractivity contribution in [2.24, 2.45) is 0 Å². The highest BCUT2D eigenvalue weighted by atomic mass is 16.2. The molecule has 1 unspecified atom stereocenters. The van der Waals surface area contributed by atoms with E-state index in [-0.39, 0.29) is 12.5 Å². The molecule has 98 valence electrons. The molecular weight excluding hydrogens is 242 g/mol. The van der Waals surface area contributed by atoms with Gasteiger partial charge < -0.3 is 5.32 Å². The molecular formula is C14H15N3O2. The van der Waals surface area contributed by atoms with Gasteiger partial charge >= 0.3 is 6.03 Å². The van der Waals surface area contributed by atoms with Crippen molar-refractivity contribution in [3.63, 3.8) is 0 Å². The molecule has 1 heterocycles. The van der Waals surface area contributed by atoms with Gasteiger partial charge in [-0.25, -0.2) is 9.69 Å². The van der Waals surface area contributed by atoms with Crippen LogP contribution in [0, 0.1) is 18.3 Å². The Morgan fingerprint density at radius 3 is 2.47 bits per heavy atom. The van der Waals surface area contributed by atoms with Crippen molar-refractivity contribution >= 4 is 11.9 Å². The number of amides is 3. The molecule has 0 aromatic heterocycles. The van der Waals surface area contributed by atoms with Crippen LogP contribution in [0.5, 0.6) is 0 Å². The summed E-state index contributed by atoms with van der Waals surface area (Å²) in [4.78, 5) is 25.2. The predicted molar refractivity (Wildman–Crippen MR) is 69.0 cm³/mol. The quantitative estimate of drug-likeness (QED) is 0.661. The molecule has 1 aliphatic heterocycles. The maximum absolute atomic E-state index is 12.4. The highest BCUT2D eigenvalue weighted by Gasteiger charge is 2.50. The number of rotatable bonds is 3. The zero-order valence-electron chi connectivity index (χ0n) is 10.9. The van der Waals surface area contributed by atoms with Gasteiger partial charge in [0, 0.05) is 0 Å². The highest BCUT2D eigenvalue weighted by molar-refractivity contribution is 6.07. The van der Waals surface area contributed by atoms with E-state index in [1.54, 1.807) is 0 Å².